The van der Waals surface area contributed by atoms with E-state index in [2.05, 4.69) is 10.4 Å². The van der Waals surface area contributed by atoms with E-state index >= 15 is 0 Å². The zero-order valence-corrected chi connectivity index (χ0v) is 11.9. The van der Waals surface area contributed by atoms with Crippen molar-refractivity contribution in [2.75, 3.05) is 6.54 Å². The third kappa shape index (κ3) is 3.08. The molecule has 22 heavy (non-hydrogen) atoms. The number of oxazole rings is 1. The quantitative estimate of drug-likeness (QED) is 0.688. The molecule has 2 aromatic heterocycles. The first-order valence-electron chi connectivity index (χ1n) is 7.06. The summed E-state index contributed by atoms with van der Waals surface area (Å²) in [5.41, 5.74) is 1.11. The second kappa shape index (κ2) is 6.30. The van der Waals surface area contributed by atoms with Crippen LogP contribution in [-0.4, -0.2) is 26.8 Å². The van der Waals surface area contributed by atoms with E-state index in [9.17, 15) is 9.59 Å². The molecule has 114 valence electrons. The molecule has 0 radical (unpaired) electrons. The highest BCUT2D eigenvalue weighted by atomic mass is 16.4. The Morgan fingerprint density at radius 3 is 2.95 bits per heavy atom. The van der Waals surface area contributed by atoms with E-state index in [0.717, 1.165) is 13.0 Å². The number of aryl methyl sites for hydroxylation is 1. The molecule has 0 atom stereocenters. The molecular weight excluding hydrogens is 284 g/mol. The van der Waals surface area contributed by atoms with Crippen LogP contribution in [0.25, 0.3) is 11.1 Å². The first-order chi connectivity index (χ1) is 10.7. The molecule has 0 aliphatic carbocycles. The molecule has 0 fully saturated rings. The Morgan fingerprint density at radius 1 is 1.27 bits per heavy atom. The Morgan fingerprint density at radius 2 is 2.14 bits per heavy atom. The number of carbonyl (C=O) groups excluding carboxylic acids is 1. The average Bonchev–Trinajstić information content (AvgIpc) is 3.13. The number of fused-ring (bicyclic) bond motifs is 1. The lowest BCUT2D eigenvalue weighted by Crippen LogP contribution is -2.31. The average molecular weight is 300 g/mol. The standard InChI is InChI=1S/C15H16N4O3/c20-14(16-7-3-9-18-10-4-8-17-18)11-19-12-5-1-2-6-13(12)22-15(19)21/h1-2,4-6,8,10H,3,7,9,11H2,(H,16,20). The largest absolute Gasteiger partial charge is 0.420 e. The minimum absolute atomic E-state index is 0.0440. The maximum atomic E-state index is 11.9. The van der Waals surface area contributed by atoms with Gasteiger partial charge in [0.1, 0.15) is 6.54 Å². The van der Waals surface area contributed by atoms with Crippen LogP contribution in [0, 0.1) is 0 Å². The van der Waals surface area contributed by atoms with Gasteiger partial charge >= 0.3 is 5.76 Å². The smallest absolute Gasteiger partial charge is 0.408 e. The van der Waals surface area contributed by atoms with Crippen LogP contribution in [0.5, 0.6) is 0 Å². The first kappa shape index (κ1) is 14.1. The topological polar surface area (TPSA) is 82.1 Å². The van der Waals surface area contributed by atoms with Crippen LogP contribution in [0.1, 0.15) is 6.42 Å². The number of benzene rings is 1. The van der Waals surface area contributed by atoms with E-state index in [1.165, 1.54) is 4.57 Å². The number of para-hydroxylation sites is 2. The molecule has 0 bridgehead atoms. The summed E-state index contributed by atoms with van der Waals surface area (Å²) in [5, 5.41) is 6.88. The van der Waals surface area contributed by atoms with Crippen molar-refractivity contribution in [2.24, 2.45) is 0 Å². The summed E-state index contributed by atoms with van der Waals surface area (Å²) in [4.78, 5) is 23.7. The summed E-state index contributed by atoms with van der Waals surface area (Å²) in [6.07, 6.45) is 4.36. The highest BCUT2D eigenvalue weighted by Crippen LogP contribution is 2.11. The van der Waals surface area contributed by atoms with E-state index < -0.39 is 5.76 Å². The SMILES string of the molecule is O=C(Cn1c(=O)oc2ccccc21)NCCCn1cccn1. The lowest BCUT2D eigenvalue weighted by molar-refractivity contribution is -0.121. The van der Waals surface area contributed by atoms with Crippen LogP contribution in [0.15, 0.2) is 51.9 Å². The van der Waals surface area contributed by atoms with E-state index in [1.54, 1.807) is 35.1 Å². The molecule has 0 unspecified atom stereocenters. The molecule has 7 nitrogen and oxygen atoms in total. The van der Waals surface area contributed by atoms with E-state index in [4.69, 9.17) is 4.42 Å². The van der Waals surface area contributed by atoms with Gasteiger partial charge in [-0.15, -0.1) is 0 Å². The van der Waals surface area contributed by atoms with Crippen molar-refractivity contribution in [1.29, 1.82) is 0 Å². The minimum atomic E-state index is -0.520. The highest BCUT2D eigenvalue weighted by molar-refractivity contribution is 5.79. The van der Waals surface area contributed by atoms with Crippen LogP contribution < -0.4 is 11.1 Å². The molecule has 1 aromatic carbocycles. The van der Waals surface area contributed by atoms with Crippen molar-refractivity contribution in [3.8, 4) is 0 Å². The highest BCUT2D eigenvalue weighted by Gasteiger charge is 2.11. The van der Waals surface area contributed by atoms with Gasteiger partial charge in [-0.25, -0.2) is 4.79 Å². The Bertz CT molecular complexity index is 817. The van der Waals surface area contributed by atoms with Crippen LogP contribution in [-0.2, 0) is 17.9 Å². The van der Waals surface area contributed by atoms with Gasteiger partial charge in [0.25, 0.3) is 0 Å². The number of hydrogen-bond donors (Lipinski definition) is 1. The molecule has 0 saturated carbocycles. The fourth-order valence-electron chi connectivity index (χ4n) is 2.26. The van der Waals surface area contributed by atoms with Crippen LogP contribution >= 0.6 is 0 Å². The zero-order valence-electron chi connectivity index (χ0n) is 11.9. The summed E-state index contributed by atoms with van der Waals surface area (Å²) in [6, 6.07) is 8.90. The molecule has 3 rings (SSSR count). The number of carbonyl (C=O) groups is 1. The lowest BCUT2D eigenvalue weighted by Gasteiger charge is -2.06. The van der Waals surface area contributed by atoms with E-state index in [-0.39, 0.29) is 12.5 Å². The van der Waals surface area contributed by atoms with Crippen LogP contribution in [0.4, 0.5) is 0 Å². The maximum Gasteiger partial charge on any atom is 0.420 e. The monoisotopic (exact) mass is 300 g/mol. The Kier molecular flexibility index (Phi) is 4.04. The van der Waals surface area contributed by atoms with Gasteiger partial charge in [0.2, 0.25) is 5.91 Å². The second-order valence-electron chi connectivity index (χ2n) is 4.89. The number of amides is 1. The van der Waals surface area contributed by atoms with E-state index in [0.29, 0.717) is 17.6 Å². The van der Waals surface area contributed by atoms with Gasteiger partial charge < -0.3 is 9.73 Å². The number of aromatic nitrogens is 3. The van der Waals surface area contributed by atoms with Crippen molar-refractivity contribution >= 4 is 17.0 Å². The van der Waals surface area contributed by atoms with Crippen LogP contribution in [0.3, 0.4) is 0 Å². The third-order valence-corrected chi connectivity index (χ3v) is 3.32. The van der Waals surface area contributed by atoms with Gasteiger partial charge in [-0.3, -0.25) is 14.0 Å². The minimum Gasteiger partial charge on any atom is -0.408 e. The van der Waals surface area contributed by atoms with Crippen molar-refractivity contribution in [2.45, 2.75) is 19.5 Å². The molecule has 7 heteroatoms. The first-order valence-corrected chi connectivity index (χ1v) is 7.06. The molecule has 0 saturated heterocycles. The van der Waals surface area contributed by atoms with Crippen LogP contribution in [0.2, 0.25) is 0 Å². The molecule has 0 aliphatic rings. The summed E-state index contributed by atoms with van der Waals surface area (Å²) in [7, 11) is 0. The van der Waals surface area contributed by atoms with Crippen molar-refractivity contribution in [3.63, 3.8) is 0 Å². The molecule has 0 aliphatic heterocycles. The maximum absolute atomic E-state index is 11.9. The summed E-state index contributed by atoms with van der Waals surface area (Å²) >= 11 is 0. The molecule has 1 amide bonds. The molecule has 1 N–H and O–H groups in total. The number of nitrogens with one attached hydrogen (secondary N) is 1. The van der Waals surface area contributed by atoms with Gasteiger partial charge in [0, 0.05) is 25.5 Å². The third-order valence-electron chi connectivity index (χ3n) is 3.32. The fourth-order valence-corrected chi connectivity index (χ4v) is 2.26. The van der Waals surface area contributed by atoms with Crippen molar-refractivity contribution < 1.29 is 9.21 Å². The Labute approximate surface area is 126 Å². The summed E-state index contributed by atoms with van der Waals surface area (Å²) < 4.78 is 8.23. The zero-order chi connectivity index (χ0) is 15.4. The summed E-state index contributed by atoms with van der Waals surface area (Å²) in [5.74, 6) is -0.734. The Hall–Kier alpha value is -2.83. The normalized spacial score (nSPS) is 10.9. The van der Waals surface area contributed by atoms with E-state index in [1.807, 2.05) is 12.3 Å². The predicted molar refractivity (Wildman–Crippen MR) is 80.3 cm³/mol. The lowest BCUT2D eigenvalue weighted by atomic mass is 10.3. The Balaban J connectivity index is 1.55. The van der Waals surface area contributed by atoms with Gasteiger partial charge in [-0.05, 0) is 24.6 Å². The van der Waals surface area contributed by atoms with Gasteiger partial charge in [-0.1, -0.05) is 12.1 Å². The number of rotatable bonds is 6. The van der Waals surface area contributed by atoms with Crippen molar-refractivity contribution in [3.05, 3.63) is 53.3 Å². The summed E-state index contributed by atoms with van der Waals surface area (Å²) in [6.45, 7) is 1.22. The van der Waals surface area contributed by atoms with Gasteiger partial charge in [0.15, 0.2) is 5.58 Å². The van der Waals surface area contributed by atoms with Gasteiger partial charge in [0.05, 0.1) is 5.52 Å². The predicted octanol–water partition coefficient (Wildman–Crippen LogP) is 0.997. The number of hydrogen-bond acceptors (Lipinski definition) is 4. The number of nitrogens with zero attached hydrogens (tertiary/aromatic N) is 3. The second-order valence-corrected chi connectivity index (χ2v) is 4.89. The van der Waals surface area contributed by atoms with Gasteiger partial charge in [-0.2, -0.15) is 5.10 Å². The molecule has 3 aromatic rings. The van der Waals surface area contributed by atoms with Crippen molar-refractivity contribution in [1.82, 2.24) is 19.7 Å². The molecule has 0 spiro atoms. The fraction of sp³-hybridized carbons (Fsp3) is 0.267. The molecular formula is C15H16N4O3. The molecule has 2 heterocycles.